The predicted octanol–water partition coefficient (Wildman–Crippen LogP) is 4.05. The maximum atomic E-state index is 12.5. The van der Waals surface area contributed by atoms with Gasteiger partial charge in [-0.3, -0.25) is 4.79 Å². The quantitative estimate of drug-likeness (QED) is 0.891. The van der Waals surface area contributed by atoms with E-state index < -0.39 is 0 Å². The number of benzene rings is 1. The fourth-order valence-corrected chi connectivity index (χ4v) is 2.95. The van der Waals surface area contributed by atoms with Gasteiger partial charge < -0.3 is 10.1 Å². The van der Waals surface area contributed by atoms with Gasteiger partial charge in [-0.1, -0.05) is 52.0 Å². The number of carbonyl (C=O) groups excluding carboxylic acids is 1. The van der Waals surface area contributed by atoms with Crippen LogP contribution in [0, 0.1) is 11.8 Å². The molecule has 1 fully saturated rings. The average Bonchev–Trinajstić information content (AvgIpc) is 2.53. The van der Waals surface area contributed by atoms with Crippen molar-refractivity contribution in [3.05, 3.63) is 35.4 Å². The lowest BCUT2D eigenvalue weighted by molar-refractivity contribution is -0.129. The molecule has 1 saturated heterocycles. The standard InChI is InChI=1S/C19H29NO2/c1-13(2)15-5-7-16(8-6-15)18(14(3)4)20-19(21)17-9-11-22-12-10-17/h5-8,13-14,17-18H,9-12H2,1-4H3,(H,20,21). The summed E-state index contributed by atoms with van der Waals surface area (Å²) in [5.74, 6) is 1.18. The Morgan fingerprint density at radius 2 is 1.59 bits per heavy atom. The van der Waals surface area contributed by atoms with Gasteiger partial charge >= 0.3 is 0 Å². The number of carbonyl (C=O) groups is 1. The Balaban J connectivity index is 2.07. The van der Waals surface area contributed by atoms with E-state index in [1.54, 1.807) is 0 Å². The fraction of sp³-hybridized carbons (Fsp3) is 0.632. The molecule has 1 aliphatic heterocycles. The van der Waals surface area contributed by atoms with Crippen molar-refractivity contribution < 1.29 is 9.53 Å². The lowest BCUT2D eigenvalue weighted by atomic mass is 9.92. The van der Waals surface area contributed by atoms with Gasteiger partial charge in [-0.2, -0.15) is 0 Å². The van der Waals surface area contributed by atoms with Gasteiger partial charge in [0.1, 0.15) is 0 Å². The largest absolute Gasteiger partial charge is 0.381 e. The van der Waals surface area contributed by atoms with Crippen LogP contribution in [0.4, 0.5) is 0 Å². The lowest BCUT2D eigenvalue weighted by Gasteiger charge is -2.27. The molecule has 1 aromatic rings. The molecule has 0 spiro atoms. The zero-order valence-corrected chi connectivity index (χ0v) is 14.3. The third kappa shape index (κ3) is 4.33. The Morgan fingerprint density at radius 1 is 1.05 bits per heavy atom. The molecule has 0 radical (unpaired) electrons. The van der Waals surface area contributed by atoms with Crippen molar-refractivity contribution in [2.45, 2.75) is 52.5 Å². The summed E-state index contributed by atoms with van der Waals surface area (Å²) in [5.41, 5.74) is 2.53. The SMILES string of the molecule is CC(C)c1ccc(C(NC(=O)C2CCOCC2)C(C)C)cc1. The maximum Gasteiger partial charge on any atom is 0.223 e. The molecule has 3 nitrogen and oxygen atoms in total. The topological polar surface area (TPSA) is 38.3 Å². The van der Waals surface area contributed by atoms with Crippen LogP contribution in [0.5, 0.6) is 0 Å². The minimum atomic E-state index is 0.0801. The summed E-state index contributed by atoms with van der Waals surface area (Å²) >= 11 is 0. The third-order valence-corrected chi connectivity index (χ3v) is 4.52. The molecular formula is C19H29NO2. The van der Waals surface area contributed by atoms with E-state index in [0.717, 1.165) is 12.8 Å². The van der Waals surface area contributed by atoms with Crippen LogP contribution in [0.25, 0.3) is 0 Å². The van der Waals surface area contributed by atoms with Crippen molar-refractivity contribution in [2.24, 2.45) is 11.8 Å². The minimum Gasteiger partial charge on any atom is -0.381 e. The zero-order valence-electron chi connectivity index (χ0n) is 14.3. The second kappa shape index (κ2) is 7.77. The minimum absolute atomic E-state index is 0.0801. The molecule has 122 valence electrons. The summed E-state index contributed by atoms with van der Waals surface area (Å²) < 4.78 is 5.34. The monoisotopic (exact) mass is 303 g/mol. The van der Waals surface area contributed by atoms with Crippen LogP contribution in [0.3, 0.4) is 0 Å². The first kappa shape index (κ1) is 17.0. The van der Waals surface area contributed by atoms with Crippen LogP contribution in [-0.4, -0.2) is 19.1 Å². The summed E-state index contributed by atoms with van der Waals surface area (Å²) in [6, 6.07) is 8.75. The second-order valence-electron chi connectivity index (χ2n) is 6.94. The molecule has 0 aromatic heterocycles. The van der Waals surface area contributed by atoms with Gasteiger partial charge in [0.25, 0.3) is 0 Å². The highest BCUT2D eigenvalue weighted by atomic mass is 16.5. The van der Waals surface area contributed by atoms with Crippen LogP contribution in [0.1, 0.15) is 63.6 Å². The molecule has 22 heavy (non-hydrogen) atoms. The van der Waals surface area contributed by atoms with Gasteiger partial charge in [0, 0.05) is 19.1 Å². The molecule has 1 N–H and O–H groups in total. The van der Waals surface area contributed by atoms with E-state index in [0.29, 0.717) is 25.0 Å². The molecule has 3 heteroatoms. The predicted molar refractivity (Wildman–Crippen MR) is 89.8 cm³/mol. The van der Waals surface area contributed by atoms with Gasteiger partial charge in [0.05, 0.1) is 6.04 Å². The summed E-state index contributed by atoms with van der Waals surface area (Å²) in [6.45, 7) is 10.1. The van der Waals surface area contributed by atoms with E-state index in [1.807, 2.05) is 0 Å². The van der Waals surface area contributed by atoms with Crippen molar-refractivity contribution in [3.63, 3.8) is 0 Å². The molecule has 1 aliphatic rings. The van der Waals surface area contributed by atoms with Crippen molar-refractivity contribution in [1.29, 1.82) is 0 Å². The van der Waals surface area contributed by atoms with Gasteiger partial charge in [-0.05, 0) is 35.8 Å². The number of rotatable bonds is 5. The molecule has 1 heterocycles. The molecule has 0 saturated carbocycles. The van der Waals surface area contributed by atoms with Crippen LogP contribution in [0.2, 0.25) is 0 Å². The summed E-state index contributed by atoms with van der Waals surface area (Å²) in [6.07, 6.45) is 1.67. The van der Waals surface area contributed by atoms with E-state index >= 15 is 0 Å². The van der Waals surface area contributed by atoms with Crippen LogP contribution in [-0.2, 0) is 9.53 Å². The third-order valence-electron chi connectivity index (χ3n) is 4.52. The van der Waals surface area contributed by atoms with Gasteiger partial charge in [0.2, 0.25) is 5.91 Å². The van der Waals surface area contributed by atoms with E-state index in [2.05, 4.69) is 57.3 Å². The number of hydrogen-bond acceptors (Lipinski definition) is 2. The van der Waals surface area contributed by atoms with Crippen LogP contribution in [0.15, 0.2) is 24.3 Å². The zero-order chi connectivity index (χ0) is 16.1. The highest BCUT2D eigenvalue weighted by Gasteiger charge is 2.25. The first-order chi connectivity index (χ1) is 10.5. The van der Waals surface area contributed by atoms with Crippen molar-refractivity contribution in [3.8, 4) is 0 Å². The van der Waals surface area contributed by atoms with E-state index in [4.69, 9.17) is 4.74 Å². The van der Waals surface area contributed by atoms with Crippen molar-refractivity contribution in [2.75, 3.05) is 13.2 Å². The number of hydrogen-bond donors (Lipinski definition) is 1. The summed E-state index contributed by atoms with van der Waals surface area (Å²) in [5, 5.41) is 3.26. The van der Waals surface area contributed by atoms with Gasteiger partial charge in [-0.25, -0.2) is 0 Å². The van der Waals surface area contributed by atoms with E-state index in [9.17, 15) is 4.79 Å². The van der Waals surface area contributed by atoms with Crippen LogP contribution >= 0.6 is 0 Å². The molecule has 0 aliphatic carbocycles. The summed E-state index contributed by atoms with van der Waals surface area (Å²) in [4.78, 5) is 12.5. The average molecular weight is 303 g/mol. The fourth-order valence-electron chi connectivity index (χ4n) is 2.95. The van der Waals surface area contributed by atoms with E-state index in [1.165, 1.54) is 11.1 Å². The lowest BCUT2D eigenvalue weighted by Crippen LogP contribution is -2.38. The maximum absolute atomic E-state index is 12.5. The first-order valence-electron chi connectivity index (χ1n) is 8.47. The Bertz CT molecular complexity index is 473. The molecule has 0 bridgehead atoms. The van der Waals surface area contributed by atoms with Crippen molar-refractivity contribution >= 4 is 5.91 Å². The second-order valence-corrected chi connectivity index (χ2v) is 6.94. The van der Waals surface area contributed by atoms with Crippen LogP contribution < -0.4 is 5.32 Å². The summed E-state index contributed by atoms with van der Waals surface area (Å²) in [7, 11) is 0. The number of amides is 1. The number of nitrogens with one attached hydrogen (secondary N) is 1. The van der Waals surface area contributed by atoms with Gasteiger partial charge in [-0.15, -0.1) is 0 Å². The van der Waals surface area contributed by atoms with Crippen molar-refractivity contribution in [1.82, 2.24) is 5.32 Å². The normalized spacial score (nSPS) is 17.7. The Hall–Kier alpha value is -1.35. The smallest absolute Gasteiger partial charge is 0.223 e. The first-order valence-corrected chi connectivity index (χ1v) is 8.47. The Morgan fingerprint density at radius 3 is 2.09 bits per heavy atom. The molecule has 1 aromatic carbocycles. The molecule has 1 unspecified atom stereocenters. The molecular weight excluding hydrogens is 274 g/mol. The highest BCUT2D eigenvalue weighted by molar-refractivity contribution is 5.79. The Labute approximate surface area is 134 Å². The van der Waals surface area contributed by atoms with E-state index in [-0.39, 0.29) is 17.9 Å². The van der Waals surface area contributed by atoms with Gasteiger partial charge in [0.15, 0.2) is 0 Å². The highest BCUT2D eigenvalue weighted by Crippen LogP contribution is 2.25. The molecule has 1 atom stereocenters. The number of ether oxygens (including phenoxy) is 1. The Kier molecular flexibility index (Phi) is 6.01. The molecule has 1 amide bonds. The molecule has 2 rings (SSSR count).